The molecule has 0 spiro atoms. The van der Waals surface area contributed by atoms with Crippen molar-refractivity contribution >= 4 is 58.0 Å². The van der Waals surface area contributed by atoms with Crippen molar-refractivity contribution in [2.45, 2.75) is 16.2 Å². The number of carboxylic acids is 1. The van der Waals surface area contributed by atoms with Gasteiger partial charge in [-0.1, -0.05) is 35.0 Å². The Labute approximate surface area is 136 Å². The molecule has 1 N–H and O–H groups in total. The molecule has 1 heterocycles. The molecule has 0 saturated carbocycles. The molecule has 2 rings (SSSR count). The smallest absolute Gasteiger partial charge is 0.347 e. The lowest BCUT2D eigenvalue weighted by Gasteiger charge is -2.04. The van der Waals surface area contributed by atoms with Crippen LogP contribution in [0, 0.1) is 17.0 Å². The number of carbonyl (C=O) groups is 1. The lowest BCUT2D eigenvalue weighted by atomic mass is 10.3. The number of halogens is 2. The maximum atomic E-state index is 11.0. The zero-order chi connectivity index (χ0) is 15.7. The molecule has 1 aromatic heterocycles. The minimum atomic E-state index is -1.06. The highest BCUT2D eigenvalue weighted by Crippen LogP contribution is 2.42. The molecule has 0 aliphatic carbocycles. The third kappa shape index (κ3) is 3.46. The molecule has 0 aliphatic heterocycles. The van der Waals surface area contributed by atoms with E-state index in [2.05, 4.69) is 4.98 Å². The lowest BCUT2D eigenvalue weighted by molar-refractivity contribution is -0.384. The van der Waals surface area contributed by atoms with E-state index in [4.69, 9.17) is 28.3 Å². The van der Waals surface area contributed by atoms with E-state index in [1.807, 2.05) is 0 Å². The molecule has 0 unspecified atom stereocenters. The SMILES string of the molecule is Cc1nc(Sc2c(Cl)cc([N+](=O)[O-])cc2Cl)sc1C(=O)O. The number of aromatic carboxylic acids is 1. The van der Waals surface area contributed by atoms with Gasteiger partial charge in [0.2, 0.25) is 0 Å². The summed E-state index contributed by atoms with van der Waals surface area (Å²) in [6, 6.07) is 2.38. The Hall–Kier alpha value is -1.35. The molecule has 6 nitrogen and oxygen atoms in total. The fraction of sp³-hybridized carbons (Fsp3) is 0.0909. The van der Waals surface area contributed by atoms with Crippen LogP contribution >= 0.6 is 46.3 Å². The second-order valence-electron chi connectivity index (χ2n) is 3.80. The molecular weight excluding hydrogens is 359 g/mol. The Morgan fingerprint density at radius 2 is 2.00 bits per heavy atom. The summed E-state index contributed by atoms with van der Waals surface area (Å²) < 4.78 is 0.447. The van der Waals surface area contributed by atoms with Crippen molar-refractivity contribution in [3.8, 4) is 0 Å². The van der Waals surface area contributed by atoms with E-state index in [9.17, 15) is 14.9 Å². The molecule has 1 aromatic carbocycles. The summed E-state index contributed by atoms with van der Waals surface area (Å²) in [6.45, 7) is 1.59. The first-order chi connectivity index (χ1) is 9.79. The van der Waals surface area contributed by atoms with Crippen molar-refractivity contribution in [3.05, 3.63) is 42.9 Å². The largest absolute Gasteiger partial charge is 0.477 e. The first-order valence-electron chi connectivity index (χ1n) is 5.31. The highest BCUT2D eigenvalue weighted by atomic mass is 35.5. The number of non-ortho nitro benzene ring substituents is 1. The van der Waals surface area contributed by atoms with Crippen molar-refractivity contribution in [3.63, 3.8) is 0 Å². The summed E-state index contributed by atoms with van der Waals surface area (Å²) >= 11 is 14.0. The first-order valence-corrected chi connectivity index (χ1v) is 7.70. The number of rotatable bonds is 4. The summed E-state index contributed by atoms with van der Waals surface area (Å²) in [7, 11) is 0. The highest BCUT2D eigenvalue weighted by molar-refractivity contribution is 8.01. The maximum Gasteiger partial charge on any atom is 0.347 e. The Morgan fingerprint density at radius 3 is 2.43 bits per heavy atom. The summed E-state index contributed by atoms with van der Waals surface area (Å²) in [6.07, 6.45) is 0. The molecule has 0 fully saturated rings. The van der Waals surface area contributed by atoms with Gasteiger partial charge in [-0.05, 0) is 6.92 Å². The number of hydrogen-bond acceptors (Lipinski definition) is 6. The summed E-state index contributed by atoms with van der Waals surface area (Å²) in [5.41, 5.74) is 0.181. The van der Waals surface area contributed by atoms with Gasteiger partial charge >= 0.3 is 5.97 Å². The van der Waals surface area contributed by atoms with Gasteiger partial charge < -0.3 is 5.11 Å². The van der Waals surface area contributed by atoms with Crippen LogP contribution in [-0.4, -0.2) is 21.0 Å². The Bertz CT molecular complexity index is 725. The van der Waals surface area contributed by atoms with Gasteiger partial charge in [-0.25, -0.2) is 9.78 Å². The van der Waals surface area contributed by atoms with E-state index < -0.39 is 10.9 Å². The molecule has 0 bridgehead atoms. The van der Waals surface area contributed by atoms with Crippen molar-refractivity contribution < 1.29 is 14.8 Å². The van der Waals surface area contributed by atoms with E-state index in [-0.39, 0.29) is 20.6 Å². The van der Waals surface area contributed by atoms with Crippen LogP contribution in [0.15, 0.2) is 21.4 Å². The molecule has 0 radical (unpaired) electrons. The number of benzene rings is 1. The van der Waals surface area contributed by atoms with E-state index >= 15 is 0 Å². The van der Waals surface area contributed by atoms with E-state index in [1.54, 1.807) is 6.92 Å². The van der Waals surface area contributed by atoms with Gasteiger partial charge in [-0.3, -0.25) is 10.1 Å². The molecule has 0 aliphatic rings. The fourth-order valence-electron chi connectivity index (χ4n) is 1.45. The zero-order valence-electron chi connectivity index (χ0n) is 10.3. The van der Waals surface area contributed by atoms with Crippen LogP contribution in [0.2, 0.25) is 10.0 Å². The zero-order valence-corrected chi connectivity index (χ0v) is 13.4. The number of hydrogen-bond donors (Lipinski definition) is 1. The number of nitro benzene ring substituents is 1. The van der Waals surface area contributed by atoms with E-state index in [0.717, 1.165) is 23.1 Å². The second kappa shape index (κ2) is 6.18. The van der Waals surface area contributed by atoms with Gasteiger partial charge in [-0.2, -0.15) is 0 Å². The van der Waals surface area contributed by atoms with Gasteiger partial charge in [0.15, 0.2) is 4.34 Å². The van der Waals surface area contributed by atoms with Crippen LogP contribution in [0.4, 0.5) is 5.69 Å². The van der Waals surface area contributed by atoms with Crippen LogP contribution in [-0.2, 0) is 0 Å². The summed E-state index contributed by atoms with van der Waals surface area (Å²) in [5.74, 6) is -1.06. The number of aromatic nitrogens is 1. The van der Waals surface area contributed by atoms with Gasteiger partial charge in [0.25, 0.3) is 5.69 Å². The normalized spacial score (nSPS) is 10.6. The third-order valence-corrected chi connectivity index (χ3v) is 5.52. The van der Waals surface area contributed by atoms with E-state index in [1.165, 1.54) is 12.1 Å². The van der Waals surface area contributed by atoms with Gasteiger partial charge in [0.1, 0.15) is 4.88 Å². The number of carboxylic acid groups (broad SMARTS) is 1. The number of aryl methyl sites for hydroxylation is 1. The average Bonchev–Trinajstić information content (AvgIpc) is 2.74. The van der Waals surface area contributed by atoms with Gasteiger partial charge in [-0.15, -0.1) is 11.3 Å². The van der Waals surface area contributed by atoms with E-state index in [0.29, 0.717) is 14.9 Å². The quantitative estimate of drug-likeness (QED) is 0.633. The van der Waals surface area contributed by atoms with Crippen LogP contribution in [0.5, 0.6) is 0 Å². The monoisotopic (exact) mass is 364 g/mol. The van der Waals surface area contributed by atoms with Crippen molar-refractivity contribution in [2.24, 2.45) is 0 Å². The summed E-state index contributed by atoms with van der Waals surface area (Å²) in [5, 5.41) is 19.9. The lowest BCUT2D eigenvalue weighted by Crippen LogP contribution is -1.94. The Balaban J connectivity index is 2.38. The molecule has 21 heavy (non-hydrogen) atoms. The van der Waals surface area contributed by atoms with Gasteiger partial charge in [0, 0.05) is 12.1 Å². The van der Waals surface area contributed by atoms with Crippen LogP contribution in [0.25, 0.3) is 0 Å². The Morgan fingerprint density at radius 1 is 1.43 bits per heavy atom. The molecule has 2 aromatic rings. The topological polar surface area (TPSA) is 93.3 Å². The van der Waals surface area contributed by atoms with Crippen LogP contribution in [0.1, 0.15) is 15.4 Å². The molecule has 0 saturated heterocycles. The minimum absolute atomic E-state index is 0.115. The standard InChI is InChI=1S/C11H6Cl2N2O4S2/c1-4-8(10(16)17)20-11(14-4)21-9-6(12)2-5(15(18)19)3-7(9)13/h2-3H,1H3,(H,16,17). The molecular formula is C11H6Cl2N2O4S2. The van der Waals surface area contributed by atoms with Crippen molar-refractivity contribution in [2.75, 3.05) is 0 Å². The van der Waals surface area contributed by atoms with Crippen LogP contribution < -0.4 is 0 Å². The number of thiazole rings is 1. The molecule has 0 amide bonds. The molecule has 0 atom stereocenters. The minimum Gasteiger partial charge on any atom is -0.477 e. The molecule has 110 valence electrons. The summed E-state index contributed by atoms with van der Waals surface area (Å²) in [4.78, 5) is 25.7. The average molecular weight is 365 g/mol. The number of nitrogens with zero attached hydrogens (tertiary/aromatic N) is 2. The van der Waals surface area contributed by atoms with Crippen molar-refractivity contribution in [1.29, 1.82) is 0 Å². The Kier molecular flexibility index (Phi) is 4.72. The first kappa shape index (κ1) is 16.0. The fourth-order valence-corrected chi connectivity index (χ4v) is 4.13. The van der Waals surface area contributed by atoms with Crippen molar-refractivity contribution in [1.82, 2.24) is 4.98 Å². The highest BCUT2D eigenvalue weighted by Gasteiger charge is 2.19. The van der Waals surface area contributed by atoms with Crippen LogP contribution in [0.3, 0.4) is 0 Å². The number of nitro groups is 1. The maximum absolute atomic E-state index is 11.0. The second-order valence-corrected chi connectivity index (χ2v) is 6.87. The van der Waals surface area contributed by atoms with Gasteiger partial charge in [0.05, 0.1) is 25.6 Å². The third-order valence-electron chi connectivity index (χ3n) is 2.35. The molecule has 10 heteroatoms. The predicted octanol–water partition coefficient (Wildman–Crippen LogP) is 4.52. The predicted molar refractivity (Wildman–Crippen MR) is 81.0 cm³/mol.